The van der Waals surface area contributed by atoms with Crippen molar-refractivity contribution in [3.05, 3.63) is 53.6 Å². The molecule has 0 heterocycles. The van der Waals surface area contributed by atoms with Crippen LogP contribution < -0.4 is 10.0 Å². The van der Waals surface area contributed by atoms with Gasteiger partial charge in [-0.15, -0.1) is 0 Å². The summed E-state index contributed by atoms with van der Waals surface area (Å²) < 4.78 is 27.2. The van der Waals surface area contributed by atoms with Gasteiger partial charge in [0.1, 0.15) is 0 Å². The molecule has 0 saturated heterocycles. The summed E-state index contributed by atoms with van der Waals surface area (Å²) in [5.41, 5.74) is 0.906. The van der Waals surface area contributed by atoms with Crippen molar-refractivity contribution in [3.63, 3.8) is 0 Å². The van der Waals surface area contributed by atoms with E-state index in [-0.39, 0.29) is 16.7 Å². The summed E-state index contributed by atoms with van der Waals surface area (Å²) in [6.07, 6.45) is 0.731. The number of anilines is 2. The van der Waals surface area contributed by atoms with Gasteiger partial charge in [0.25, 0.3) is 10.0 Å². The number of nitrogens with one attached hydrogen (secondary N) is 2. The average Bonchev–Trinajstić information content (AvgIpc) is 2.54. The minimum absolute atomic E-state index is 0.102. The minimum Gasteiger partial charge on any atom is -0.326 e. The Morgan fingerprint density at radius 1 is 1.12 bits per heavy atom. The van der Waals surface area contributed by atoms with E-state index < -0.39 is 10.0 Å². The van der Waals surface area contributed by atoms with Gasteiger partial charge in [0.2, 0.25) is 5.91 Å². The van der Waals surface area contributed by atoms with Crippen LogP contribution in [0.2, 0.25) is 5.02 Å². The van der Waals surface area contributed by atoms with Crippen molar-refractivity contribution in [2.24, 2.45) is 5.92 Å². The Balaban J connectivity index is 2.17. The zero-order chi connectivity index (χ0) is 17.7. The molecule has 0 bridgehead atoms. The highest BCUT2D eigenvalue weighted by molar-refractivity contribution is 7.92. The van der Waals surface area contributed by atoms with E-state index in [1.165, 1.54) is 24.3 Å². The summed E-state index contributed by atoms with van der Waals surface area (Å²) in [5.74, 6) is -0.213. The van der Waals surface area contributed by atoms with E-state index in [1.807, 2.05) is 13.8 Å². The molecule has 1 unspecified atom stereocenters. The standard InChI is InChI=1S/C17H19ClN2O3S/c1-3-12(2)17(21)19-14-5-4-6-15(11-14)20-24(22,23)16-9-7-13(18)8-10-16/h4-12,20H,3H2,1-2H3,(H,19,21). The molecular weight excluding hydrogens is 348 g/mol. The van der Waals surface area contributed by atoms with Gasteiger partial charge in [0.05, 0.1) is 10.6 Å². The van der Waals surface area contributed by atoms with Gasteiger partial charge in [-0.25, -0.2) is 8.42 Å². The average molecular weight is 367 g/mol. The monoisotopic (exact) mass is 366 g/mol. The highest BCUT2D eigenvalue weighted by Crippen LogP contribution is 2.21. The van der Waals surface area contributed by atoms with Crippen molar-refractivity contribution in [2.75, 3.05) is 10.0 Å². The van der Waals surface area contributed by atoms with E-state index >= 15 is 0 Å². The molecule has 0 aliphatic carbocycles. The van der Waals surface area contributed by atoms with Crippen LogP contribution in [0.5, 0.6) is 0 Å². The molecule has 2 aromatic rings. The molecule has 128 valence electrons. The fourth-order valence-corrected chi connectivity index (χ4v) is 3.11. The Bertz CT molecular complexity index is 820. The first-order valence-corrected chi connectivity index (χ1v) is 9.37. The number of rotatable bonds is 6. The maximum Gasteiger partial charge on any atom is 0.261 e. The summed E-state index contributed by atoms with van der Waals surface area (Å²) in [6, 6.07) is 12.5. The fraction of sp³-hybridized carbons (Fsp3) is 0.235. The topological polar surface area (TPSA) is 75.3 Å². The molecule has 0 fully saturated rings. The Hall–Kier alpha value is -2.05. The summed E-state index contributed by atoms with van der Waals surface area (Å²) in [7, 11) is -3.72. The Morgan fingerprint density at radius 2 is 1.75 bits per heavy atom. The van der Waals surface area contributed by atoms with Crippen molar-refractivity contribution >= 4 is 38.9 Å². The van der Waals surface area contributed by atoms with Crippen molar-refractivity contribution in [3.8, 4) is 0 Å². The first-order valence-electron chi connectivity index (χ1n) is 7.51. The first-order chi connectivity index (χ1) is 11.3. The summed E-state index contributed by atoms with van der Waals surface area (Å²) in [6.45, 7) is 3.77. The van der Waals surface area contributed by atoms with E-state index in [9.17, 15) is 13.2 Å². The molecule has 2 aromatic carbocycles. The number of hydrogen-bond donors (Lipinski definition) is 2. The van der Waals surface area contributed by atoms with E-state index in [2.05, 4.69) is 10.0 Å². The lowest BCUT2D eigenvalue weighted by atomic mass is 10.1. The van der Waals surface area contributed by atoms with E-state index in [1.54, 1.807) is 24.3 Å². The number of sulfonamides is 1. The first kappa shape index (κ1) is 18.3. The third-order valence-electron chi connectivity index (χ3n) is 3.57. The summed E-state index contributed by atoms with van der Waals surface area (Å²) in [5, 5.41) is 3.24. The molecule has 0 spiro atoms. The Kier molecular flexibility index (Phi) is 5.85. The second-order valence-corrected chi connectivity index (χ2v) is 7.56. The third-order valence-corrected chi connectivity index (χ3v) is 5.22. The molecule has 7 heteroatoms. The highest BCUT2D eigenvalue weighted by atomic mass is 35.5. The maximum absolute atomic E-state index is 12.4. The van der Waals surface area contributed by atoms with Gasteiger partial charge in [0, 0.05) is 16.6 Å². The molecule has 0 saturated carbocycles. The highest BCUT2D eigenvalue weighted by Gasteiger charge is 2.15. The molecule has 0 aromatic heterocycles. The van der Waals surface area contributed by atoms with Crippen LogP contribution in [-0.4, -0.2) is 14.3 Å². The molecule has 1 atom stereocenters. The zero-order valence-electron chi connectivity index (χ0n) is 13.4. The Morgan fingerprint density at radius 3 is 2.38 bits per heavy atom. The van der Waals surface area contributed by atoms with Crippen LogP contribution in [0, 0.1) is 5.92 Å². The van der Waals surface area contributed by atoms with Gasteiger partial charge in [0.15, 0.2) is 0 Å². The van der Waals surface area contributed by atoms with Gasteiger partial charge < -0.3 is 5.32 Å². The van der Waals surface area contributed by atoms with Crippen LogP contribution in [-0.2, 0) is 14.8 Å². The van der Waals surface area contributed by atoms with Crippen molar-refractivity contribution in [1.82, 2.24) is 0 Å². The SMILES string of the molecule is CCC(C)C(=O)Nc1cccc(NS(=O)(=O)c2ccc(Cl)cc2)c1. The lowest BCUT2D eigenvalue weighted by Crippen LogP contribution is -2.19. The number of hydrogen-bond acceptors (Lipinski definition) is 3. The predicted octanol–water partition coefficient (Wildman–Crippen LogP) is 4.13. The van der Waals surface area contributed by atoms with E-state index in [0.29, 0.717) is 16.4 Å². The van der Waals surface area contributed by atoms with Crippen LogP contribution in [0.4, 0.5) is 11.4 Å². The van der Waals surface area contributed by atoms with E-state index in [4.69, 9.17) is 11.6 Å². The lowest BCUT2D eigenvalue weighted by Gasteiger charge is -2.12. The summed E-state index contributed by atoms with van der Waals surface area (Å²) in [4.78, 5) is 12.0. The largest absolute Gasteiger partial charge is 0.326 e. The van der Waals surface area contributed by atoms with Gasteiger partial charge >= 0.3 is 0 Å². The maximum atomic E-state index is 12.4. The van der Waals surface area contributed by atoms with Gasteiger partial charge in [-0.3, -0.25) is 9.52 Å². The molecule has 24 heavy (non-hydrogen) atoms. The fourth-order valence-electron chi connectivity index (χ4n) is 1.94. The number of benzene rings is 2. The van der Waals surface area contributed by atoms with Crippen LogP contribution in [0.1, 0.15) is 20.3 Å². The van der Waals surface area contributed by atoms with Gasteiger partial charge in [-0.1, -0.05) is 31.5 Å². The number of carbonyl (C=O) groups excluding carboxylic acids is 1. The number of carbonyl (C=O) groups is 1. The quantitative estimate of drug-likeness (QED) is 0.807. The van der Waals surface area contributed by atoms with E-state index in [0.717, 1.165) is 6.42 Å². The predicted molar refractivity (Wildman–Crippen MR) is 96.8 cm³/mol. The van der Waals surface area contributed by atoms with Gasteiger partial charge in [-0.2, -0.15) is 0 Å². The normalized spacial score (nSPS) is 12.5. The Labute approximate surface area is 147 Å². The van der Waals surface area contributed by atoms with Crippen LogP contribution in [0.15, 0.2) is 53.4 Å². The number of amides is 1. The minimum atomic E-state index is -3.72. The molecule has 1 amide bonds. The van der Waals surface area contributed by atoms with Crippen LogP contribution in [0.25, 0.3) is 0 Å². The van der Waals surface area contributed by atoms with Crippen molar-refractivity contribution in [2.45, 2.75) is 25.2 Å². The summed E-state index contributed by atoms with van der Waals surface area (Å²) >= 11 is 5.77. The molecule has 5 nitrogen and oxygen atoms in total. The van der Waals surface area contributed by atoms with Crippen LogP contribution >= 0.6 is 11.6 Å². The lowest BCUT2D eigenvalue weighted by molar-refractivity contribution is -0.119. The second kappa shape index (κ2) is 7.68. The zero-order valence-corrected chi connectivity index (χ0v) is 15.0. The molecule has 2 N–H and O–H groups in total. The smallest absolute Gasteiger partial charge is 0.261 e. The van der Waals surface area contributed by atoms with Gasteiger partial charge in [-0.05, 0) is 48.9 Å². The second-order valence-electron chi connectivity index (χ2n) is 5.44. The molecule has 0 aliphatic heterocycles. The van der Waals surface area contributed by atoms with Crippen molar-refractivity contribution < 1.29 is 13.2 Å². The number of halogens is 1. The molecule has 0 aliphatic rings. The van der Waals surface area contributed by atoms with Crippen LogP contribution in [0.3, 0.4) is 0 Å². The van der Waals surface area contributed by atoms with Crippen molar-refractivity contribution in [1.29, 1.82) is 0 Å². The molecule has 0 radical (unpaired) electrons. The molecule has 2 rings (SSSR count). The molecular formula is C17H19ClN2O3S. The third kappa shape index (κ3) is 4.72.